The summed E-state index contributed by atoms with van der Waals surface area (Å²) in [4.78, 5) is 40.8. The molecule has 2 aromatic rings. The molecule has 1 aliphatic rings. The van der Waals surface area contributed by atoms with Crippen molar-refractivity contribution in [2.75, 3.05) is 57.7 Å². The molecule has 0 aliphatic carbocycles. The fourth-order valence-electron chi connectivity index (χ4n) is 3.68. The van der Waals surface area contributed by atoms with Crippen LogP contribution < -0.4 is 19.7 Å². The van der Waals surface area contributed by atoms with E-state index in [0.717, 1.165) is 5.69 Å². The molecule has 0 unspecified atom stereocenters. The Bertz CT molecular complexity index is 993. The highest BCUT2D eigenvalue weighted by molar-refractivity contribution is 6.10. The number of carbonyl (C=O) groups is 3. The lowest BCUT2D eigenvalue weighted by Crippen LogP contribution is -2.48. The predicted molar refractivity (Wildman–Crippen MR) is 120 cm³/mol. The van der Waals surface area contributed by atoms with Crippen LogP contribution in [0.5, 0.6) is 11.5 Å². The van der Waals surface area contributed by atoms with Gasteiger partial charge in [-0.3, -0.25) is 9.59 Å². The lowest BCUT2D eigenvalue weighted by Gasteiger charge is -2.36. The van der Waals surface area contributed by atoms with E-state index in [2.05, 4.69) is 10.2 Å². The minimum atomic E-state index is -0.511. The van der Waals surface area contributed by atoms with Gasteiger partial charge in [0.1, 0.15) is 17.1 Å². The van der Waals surface area contributed by atoms with Gasteiger partial charge in [-0.05, 0) is 30.3 Å². The van der Waals surface area contributed by atoms with E-state index in [1.807, 2.05) is 0 Å². The Morgan fingerprint density at radius 3 is 2.06 bits per heavy atom. The number of piperazine rings is 1. The van der Waals surface area contributed by atoms with Crippen molar-refractivity contribution in [3.63, 3.8) is 0 Å². The van der Waals surface area contributed by atoms with Crippen LogP contribution in [-0.2, 0) is 9.53 Å². The van der Waals surface area contributed by atoms with E-state index in [9.17, 15) is 14.4 Å². The summed E-state index contributed by atoms with van der Waals surface area (Å²) in [5.74, 6) is -0.194. The molecular weight excluding hydrogens is 414 g/mol. The summed E-state index contributed by atoms with van der Waals surface area (Å²) in [6, 6.07) is 10.1. The van der Waals surface area contributed by atoms with E-state index < -0.39 is 11.9 Å². The number of hydrogen-bond acceptors (Lipinski definition) is 7. The molecule has 0 aromatic heterocycles. The first-order chi connectivity index (χ1) is 15.4. The Labute approximate surface area is 186 Å². The van der Waals surface area contributed by atoms with Gasteiger partial charge in [0.25, 0.3) is 5.91 Å². The molecule has 32 heavy (non-hydrogen) atoms. The second kappa shape index (κ2) is 10.0. The normalized spacial score (nSPS) is 13.4. The van der Waals surface area contributed by atoms with Crippen molar-refractivity contribution in [3.05, 3.63) is 47.5 Å². The molecule has 0 saturated carbocycles. The number of benzene rings is 2. The van der Waals surface area contributed by atoms with Crippen LogP contribution in [0.15, 0.2) is 36.4 Å². The predicted octanol–water partition coefficient (Wildman–Crippen LogP) is 2.41. The van der Waals surface area contributed by atoms with Crippen molar-refractivity contribution >= 4 is 29.2 Å². The van der Waals surface area contributed by atoms with Gasteiger partial charge in [0, 0.05) is 33.1 Å². The van der Waals surface area contributed by atoms with Gasteiger partial charge in [-0.25, -0.2) is 4.79 Å². The number of ether oxygens (including phenoxy) is 3. The van der Waals surface area contributed by atoms with Crippen LogP contribution in [0.25, 0.3) is 0 Å². The molecule has 1 heterocycles. The number of anilines is 2. The molecule has 1 fully saturated rings. The summed E-state index contributed by atoms with van der Waals surface area (Å²) in [7, 11) is 4.25. The molecule has 170 valence electrons. The van der Waals surface area contributed by atoms with E-state index in [-0.39, 0.29) is 11.5 Å². The molecule has 1 N–H and O–H groups in total. The average molecular weight is 441 g/mol. The molecule has 1 saturated heterocycles. The lowest BCUT2D eigenvalue weighted by molar-refractivity contribution is -0.129. The Morgan fingerprint density at radius 1 is 0.906 bits per heavy atom. The minimum absolute atomic E-state index is 0.0301. The van der Waals surface area contributed by atoms with Gasteiger partial charge in [0.05, 0.1) is 38.3 Å². The van der Waals surface area contributed by atoms with Crippen LogP contribution in [0.2, 0.25) is 0 Å². The molecule has 9 heteroatoms. The van der Waals surface area contributed by atoms with Crippen molar-refractivity contribution in [2.24, 2.45) is 0 Å². The molecule has 9 nitrogen and oxygen atoms in total. The van der Waals surface area contributed by atoms with Gasteiger partial charge in [-0.2, -0.15) is 0 Å². The first kappa shape index (κ1) is 22.9. The topological polar surface area (TPSA) is 97.4 Å². The number of carbonyl (C=O) groups excluding carboxylic acids is 3. The maximum absolute atomic E-state index is 13.2. The Balaban J connectivity index is 1.96. The molecule has 2 aromatic carbocycles. The molecule has 0 bridgehead atoms. The van der Waals surface area contributed by atoms with E-state index in [1.165, 1.54) is 21.3 Å². The van der Waals surface area contributed by atoms with Crippen LogP contribution in [0.1, 0.15) is 27.6 Å². The Kier molecular flexibility index (Phi) is 7.19. The van der Waals surface area contributed by atoms with Crippen molar-refractivity contribution in [3.8, 4) is 11.5 Å². The highest BCUT2D eigenvalue weighted by Crippen LogP contribution is 2.33. The largest absolute Gasteiger partial charge is 0.496 e. The minimum Gasteiger partial charge on any atom is -0.496 e. The van der Waals surface area contributed by atoms with Crippen LogP contribution in [0.3, 0.4) is 0 Å². The number of esters is 1. The van der Waals surface area contributed by atoms with Crippen LogP contribution >= 0.6 is 0 Å². The fourth-order valence-corrected chi connectivity index (χ4v) is 3.68. The second-order valence-corrected chi connectivity index (χ2v) is 7.21. The summed E-state index contributed by atoms with van der Waals surface area (Å²) >= 11 is 0. The Hall–Kier alpha value is -3.75. The third-order valence-corrected chi connectivity index (χ3v) is 5.39. The van der Waals surface area contributed by atoms with Gasteiger partial charge in [-0.15, -0.1) is 0 Å². The van der Waals surface area contributed by atoms with Crippen molar-refractivity contribution < 1.29 is 28.6 Å². The molecule has 2 amide bonds. The zero-order valence-corrected chi connectivity index (χ0v) is 18.6. The molecule has 0 spiro atoms. The molecular formula is C23H27N3O6. The standard InChI is InChI=1S/C23H27N3O6/c1-15(27)25-10-12-26(13-11-25)18-9-8-16(23(29)32-4)14-17(18)24-22(28)21-19(30-2)6-5-7-20(21)31-3/h5-9,14H,10-13H2,1-4H3,(H,24,28). The van der Waals surface area contributed by atoms with Crippen molar-refractivity contribution in [1.82, 2.24) is 4.90 Å². The zero-order chi connectivity index (χ0) is 23.3. The maximum Gasteiger partial charge on any atom is 0.337 e. The summed E-state index contributed by atoms with van der Waals surface area (Å²) in [5, 5.41) is 2.90. The SMILES string of the molecule is COC(=O)c1ccc(N2CCN(C(C)=O)CC2)c(NC(=O)c2c(OC)cccc2OC)c1. The van der Waals surface area contributed by atoms with Gasteiger partial charge >= 0.3 is 5.97 Å². The summed E-state index contributed by atoms with van der Waals surface area (Å²) in [6.45, 7) is 3.88. The van der Waals surface area contributed by atoms with Crippen LogP contribution in [-0.4, -0.2) is 70.2 Å². The van der Waals surface area contributed by atoms with E-state index in [4.69, 9.17) is 14.2 Å². The first-order valence-corrected chi connectivity index (χ1v) is 10.1. The number of nitrogens with zero attached hydrogens (tertiary/aromatic N) is 2. The monoisotopic (exact) mass is 441 g/mol. The van der Waals surface area contributed by atoms with Gasteiger partial charge < -0.3 is 29.3 Å². The van der Waals surface area contributed by atoms with E-state index in [1.54, 1.807) is 48.2 Å². The molecule has 0 atom stereocenters. The van der Waals surface area contributed by atoms with Crippen molar-refractivity contribution in [1.29, 1.82) is 0 Å². The highest BCUT2D eigenvalue weighted by atomic mass is 16.5. The summed E-state index contributed by atoms with van der Waals surface area (Å²) < 4.78 is 15.5. The van der Waals surface area contributed by atoms with Gasteiger partial charge in [-0.1, -0.05) is 6.07 Å². The summed E-state index contributed by atoms with van der Waals surface area (Å²) in [5.41, 5.74) is 1.74. The average Bonchev–Trinajstić information content (AvgIpc) is 2.82. The van der Waals surface area contributed by atoms with E-state index >= 15 is 0 Å². The maximum atomic E-state index is 13.2. The van der Waals surface area contributed by atoms with Crippen LogP contribution in [0, 0.1) is 0 Å². The van der Waals surface area contributed by atoms with E-state index in [0.29, 0.717) is 48.9 Å². The fraction of sp³-hybridized carbons (Fsp3) is 0.348. The summed E-state index contributed by atoms with van der Waals surface area (Å²) in [6.07, 6.45) is 0. The smallest absolute Gasteiger partial charge is 0.337 e. The van der Waals surface area contributed by atoms with Gasteiger partial charge in [0.15, 0.2) is 0 Å². The number of rotatable bonds is 6. The lowest BCUT2D eigenvalue weighted by atomic mass is 10.1. The van der Waals surface area contributed by atoms with Gasteiger partial charge in [0.2, 0.25) is 5.91 Å². The zero-order valence-electron chi connectivity index (χ0n) is 18.6. The molecule has 3 rings (SSSR count). The third-order valence-electron chi connectivity index (χ3n) is 5.39. The first-order valence-electron chi connectivity index (χ1n) is 10.1. The Morgan fingerprint density at radius 2 is 1.53 bits per heavy atom. The molecule has 0 radical (unpaired) electrons. The quantitative estimate of drug-likeness (QED) is 0.688. The number of nitrogens with one attached hydrogen (secondary N) is 1. The highest BCUT2D eigenvalue weighted by Gasteiger charge is 2.24. The van der Waals surface area contributed by atoms with Crippen molar-refractivity contribution in [2.45, 2.75) is 6.92 Å². The third kappa shape index (κ3) is 4.77. The molecule has 1 aliphatic heterocycles. The number of amides is 2. The number of hydrogen-bond donors (Lipinski definition) is 1. The van der Waals surface area contributed by atoms with Crippen LogP contribution in [0.4, 0.5) is 11.4 Å². The number of methoxy groups -OCH3 is 3. The second-order valence-electron chi connectivity index (χ2n) is 7.21.